The maximum atomic E-state index is 10.5. The van der Waals surface area contributed by atoms with Crippen molar-refractivity contribution in [2.45, 2.75) is 12.8 Å². The lowest BCUT2D eigenvalue weighted by Gasteiger charge is -1.99. The van der Waals surface area contributed by atoms with Gasteiger partial charge < -0.3 is 5.11 Å². The molecule has 2 aromatic rings. The van der Waals surface area contributed by atoms with Gasteiger partial charge in [-0.3, -0.25) is 4.79 Å². The Balaban J connectivity index is 1.88. The van der Waals surface area contributed by atoms with E-state index in [0.29, 0.717) is 17.9 Å². The largest absolute Gasteiger partial charge is 0.664 e. The fourth-order valence-electron chi connectivity index (χ4n) is 1.66. The van der Waals surface area contributed by atoms with E-state index < -0.39 is 14.1 Å². The molecule has 6 heteroatoms. The van der Waals surface area contributed by atoms with Crippen LogP contribution in [0.25, 0.3) is 0 Å². The summed E-state index contributed by atoms with van der Waals surface area (Å²) in [6.07, 6.45) is 0.578. The van der Waals surface area contributed by atoms with Gasteiger partial charge in [-0.05, 0) is 41.4 Å². The second-order valence-corrected chi connectivity index (χ2v) is 5.17. The number of aryl methyl sites for hydroxylation is 1. The molecule has 1 unspecified atom stereocenters. The Bertz CT molecular complexity index is 613. The number of rotatable bonds is 7. The summed E-state index contributed by atoms with van der Waals surface area (Å²) in [7, 11) is -1.81. The van der Waals surface area contributed by atoms with Crippen LogP contribution in [0, 0.1) is 5.16 Å². The lowest BCUT2D eigenvalue weighted by Crippen LogP contribution is -1.97. The van der Waals surface area contributed by atoms with Crippen molar-refractivity contribution < 1.29 is 18.9 Å². The standard InChI is InChI=1S/C15H14NO4P/c16-21(19-13-4-2-1-3-5-13)20-14-9-6-12(7-10-14)8-11-15(17)18/h1-7,9-10,16H,8,11H2/p+1. The second-order valence-electron chi connectivity index (χ2n) is 4.29. The smallest absolute Gasteiger partial charge is 0.481 e. The van der Waals surface area contributed by atoms with Crippen molar-refractivity contribution in [2.75, 3.05) is 0 Å². The summed E-state index contributed by atoms with van der Waals surface area (Å²) in [5.41, 5.74) is 0.919. The first kappa shape index (κ1) is 15.0. The van der Waals surface area contributed by atoms with E-state index in [4.69, 9.17) is 19.3 Å². The number of carbonyl (C=O) groups is 1. The van der Waals surface area contributed by atoms with Gasteiger partial charge in [-0.1, -0.05) is 30.3 Å². The molecule has 0 amide bonds. The van der Waals surface area contributed by atoms with Crippen molar-refractivity contribution in [1.29, 1.82) is 5.16 Å². The van der Waals surface area contributed by atoms with Crippen LogP contribution >= 0.6 is 8.17 Å². The number of hydrogen-bond acceptors (Lipinski definition) is 4. The molecule has 0 fully saturated rings. The van der Waals surface area contributed by atoms with E-state index in [-0.39, 0.29) is 6.42 Å². The normalized spacial score (nSPS) is 10.8. The molecule has 2 N–H and O–H groups in total. The third kappa shape index (κ3) is 5.24. The van der Waals surface area contributed by atoms with Gasteiger partial charge in [0.1, 0.15) is 0 Å². The van der Waals surface area contributed by atoms with Crippen LogP contribution in [-0.4, -0.2) is 11.1 Å². The Hall–Kier alpha value is -2.39. The van der Waals surface area contributed by atoms with Gasteiger partial charge in [0.05, 0.1) is 0 Å². The highest BCUT2D eigenvalue weighted by Gasteiger charge is 2.17. The zero-order valence-corrected chi connectivity index (χ0v) is 12.1. The molecule has 0 bridgehead atoms. The maximum absolute atomic E-state index is 10.5. The third-order valence-corrected chi connectivity index (χ3v) is 3.42. The number of nitrogens with one attached hydrogen (secondary N) is 1. The fourth-order valence-corrected chi connectivity index (χ4v) is 2.32. The molecule has 0 saturated carbocycles. The second kappa shape index (κ2) is 7.41. The van der Waals surface area contributed by atoms with E-state index >= 15 is 0 Å². The first-order valence-corrected chi connectivity index (χ1v) is 7.54. The summed E-state index contributed by atoms with van der Waals surface area (Å²) >= 11 is 0. The first-order chi connectivity index (χ1) is 10.1. The van der Waals surface area contributed by atoms with E-state index in [1.165, 1.54) is 0 Å². The Kier molecular flexibility index (Phi) is 5.29. The van der Waals surface area contributed by atoms with Crippen LogP contribution in [-0.2, 0) is 11.2 Å². The molecule has 2 aromatic carbocycles. The number of para-hydroxylation sites is 1. The van der Waals surface area contributed by atoms with Gasteiger partial charge in [0, 0.05) is 6.42 Å². The van der Waals surface area contributed by atoms with Gasteiger partial charge >= 0.3 is 14.1 Å². The molecule has 0 radical (unpaired) electrons. The molecule has 0 spiro atoms. The van der Waals surface area contributed by atoms with Crippen molar-refractivity contribution in [3.05, 3.63) is 60.2 Å². The average molecular weight is 304 g/mol. The predicted octanol–water partition coefficient (Wildman–Crippen LogP) is 4.24. The Labute approximate surface area is 123 Å². The number of hydrogen-bond donors (Lipinski definition) is 2. The van der Waals surface area contributed by atoms with Crippen molar-refractivity contribution in [3.63, 3.8) is 0 Å². The van der Waals surface area contributed by atoms with Crippen LogP contribution in [0.2, 0.25) is 0 Å². The summed E-state index contributed by atoms with van der Waals surface area (Å²) < 4.78 is 10.8. The molecule has 0 heterocycles. The number of aliphatic carboxylic acids is 1. The molecular weight excluding hydrogens is 289 g/mol. The summed E-state index contributed by atoms with van der Waals surface area (Å²) in [6.45, 7) is 0. The molecule has 21 heavy (non-hydrogen) atoms. The molecular formula is C15H15NO4P+. The van der Waals surface area contributed by atoms with Crippen LogP contribution in [0.5, 0.6) is 11.5 Å². The van der Waals surface area contributed by atoms with E-state index in [2.05, 4.69) is 0 Å². The minimum absolute atomic E-state index is 0.0997. The molecule has 0 saturated heterocycles. The number of benzene rings is 2. The van der Waals surface area contributed by atoms with E-state index in [1.807, 2.05) is 18.2 Å². The van der Waals surface area contributed by atoms with Crippen molar-refractivity contribution in [3.8, 4) is 11.5 Å². The highest BCUT2D eigenvalue weighted by molar-refractivity contribution is 7.35. The minimum atomic E-state index is -1.81. The van der Waals surface area contributed by atoms with Crippen molar-refractivity contribution in [1.82, 2.24) is 0 Å². The predicted molar refractivity (Wildman–Crippen MR) is 79.7 cm³/mol. The average Bonchev–Trinajstić information content (AvgIpc) is 2.47. The summed E-state index contributed by atoms with van der Waals surface area (Å²) in [4.78, 5) is 10.5. The van der Waals surface area contributed by atoms with E-state index in [0.717, 1.165) is 5.56 Å². The molecule has 1 atom stereocenters. The Morgan fingerprint density at radius 1 is 1.00 bits per heavy atom. The summed E-state index contributed by atoms with van der Waals surface area (Å²) in [6, 6.07) is 16.1. The zero-order valence-electron chi connectivity index (χ0n) is 11.2. The third-order valence-electron chi connectivity index (χ3n) is 2.67. The van der Waals surface area contributed by atoms with Gasteiger partial charge in [-0.2, -0.15) is 0 Å². The van der Waals surface area contributed by atoms with Gasteiger partial charge in [0.15, 0.2) is 11.5 Å². The van der Waals surface area contributed by atoms with Crippen molar-refractivity contribution in [2.24, 2.45) is 0 Å². The van der Waals surface area contributed by atoms with Gasteiger partial charge in [-0.15, -0.1) is 0 Å². The first-order valence-electron chi connectivity index (χ1n) is 6.36. The van der Waals surface area contributed by atoms with Crippen LogP contribution in [0.3, 0.4) is 0 Å². The SMILES string of the molecule is N=[P+](Oc1ccccc1)Oc1ccc(CCC(=O)O)cc1. The molecule has 5 nitrogen and oxygen atoms in total. The molecule has 0 aliphatic rings. The highest BCUT2D eigenvalue weighted by Crippen LogP contribution is 2.30. The van der Waals surface area contributed by atoms with Crippen LogP contribution in [0.4, 0.5) is 0 Å². The summed E-state index contributed by atoms with van der Waals surface area (Å²) in [5.74, 6) is 0.309. The number of carboxylic acid groups (broad SMARTS) is 1. The van der Waals surface area contributed by atoms with Crippen LogP contribution in [0.1, 0.15) is 12.0 Å². The Morgan fingerprint density at radius 2 is 1.57 bits per heavy atom. The Morgan fingerprint density at radius 3 is 2.14 bits per heavy atom. The quantitative estimate of drug-likeness (QED) is 0.750. The number of carboxylic acids is 1. The van der Waals surface area contributed by atoms with E-state index in [9.17, 15) is 4.79 Å². The van der Waals surface area contributed by atoms with Gasteiger partial charge in [0.25, 0.3) is 0 Å². The molecule has 2 rings (SSSR count). The summed E-state index contributed by atoms with van der Waals surface area (Å²) in [5, 5.41) is 16.4. The van der Waals surface area contributed by atoms with Crippen molar-refractivity contribution >= 4 is 14.1 Å². The zero-order chi connectivity index (χ0) is 15.1. The highest BCUT2D eigenvalue weighted by atomic mass is 31.1. The maximum Gasteiger partial charge on any atom is 0.664 e. The van der Waals surface area contributed by atoms with Crippen LogP contribution < -0.4 is 9.05 Å². The van der Waals surface area contributed by atoms with Gasteiger partial charge in [-0.25, -0.2) is 9.05 Å². The van der Waals surface area contributed by atoms with Crippen LogP contribution in [0.15, 0.2) is 54.6 Å². The topological polar surface area (TPSA) is 79.6 Å². The van der Waals surface area contributed by atoms with E-state index in [1.54, 1.807) is 36.4 Å². The minimum Gasteiger partial charge on any atom is -0.481 e. The monoisotopic (exact) mass is 304 g/mol. The molecule has 0 aromatic heterocycles. The lowest BCUT2D eigenvalue weighted by atomic mass is 10.1. The lowest BCUT2D eigenvalue weighted by molar-refractivity contribution is -0.136. The molecule has 0 aliphatic heterocycles. The molecule has 0 aliphatic carbocycles. The van der Waals surface area contributed by atoms with Gasteiger partial charge in [0.2, 0.25) is 0 Å². The fraction of sp³-hybridized carbons (Fsp3) is 0.133. The molecule has 108 valence electrons.